The molecule has 0 spiro atoms. The summed E-state index contributed by atoms with van der Waals surface area (Å²) in [6.45, 7) is 2.66. The van der Waals surface area contributed by atoms with Crippen molar-refractivity contribution in [2.75, 3.05) is 7.05 Å². The van der Waals surface area contributed by atoms with Crippen LogP contribution in [0.3, 0.4) is 0 Å². The number of aryl methyl sites for hydroxylation is 1. The first-order chi connectivity index (χ1) is 8.43. The van der Waals surface area contributed by atoms with Crippen molar-refractivity contribution >= 4 is 5.70 Å². The molecule has 1 aromatic heterocycles. The lowest BCUT2D eigenvalue weighted by Gasteiger charge is -2.19. The second kappa shape index (κ2) is 4.61. The predicted molar refractivity (Wildman–Crippen MR) is 61.0 cm³/mol. The van der Waals surface area contributed by atoms with Gasteiger partial charge in [0.2, 0.25) is 5.69 Å². The quantitative estimate of drug-likeness (QED) is 0.815. The van der Waals surface area contributed by atoms with E-state index in [0.29, 0.717) is 12.2 Å². The maximum Gasteiger partial charge on any atom is 0.409 e. The molecule has 1 atom stereocenters. The maximum absolute atomic E-state index is 12.7. The second-order valence-electron chi connectivity index (χ2n) is 4.13. The van der Waals surface area contributed by atoms with Gasteiger partial charge in [-0.1, -0.05) is 0 Å². The predicted octanol–water partition coefficient (Wildman–Crippen LogP) is 1.72. The van der Waals surface area contributed by atoms with Gasteiger partial charge in [0.15, 0.2) is 6.20 Å². The molecule has 3 nitrogen and oxygen atoms in total. The molecule has 6 heteroatoms. The van der Waals surface area contributed by atoms with Gasteiger partial charge in [0, 0.05) is 19.2 Å². The summed E-state index contributed by atoms with van der Waals surface area (Å²) in [5, 5.41) is 1.42. The molecule has 0 aliphatic carbocycles. The van der Waals surface area contributed by atoms with Crippen LogP contribution >= 0.6 is 0 Å². The Morgan fingerprint density at radius 2 is 2.11 bits per heavy atom. The van der Waals surface area contributed by atoms with E-state index in [9.17, 15) is 13.2 Å². The number of alkyl halides is 3. The smallest absolute Gasteiger partial charge is 0.305 e. The third-order valence-electron chi connectivity index (χ3n) is 2.92. The van der Waals surface area contributed by atoms with Gasteiger partial charge in [-0.3, -0.25) is 0 Å². The van der Waals surface area contributed by atoms with E-state index in [0.717, 1.165) is 5.69 Å². The molecule has 98 valence electrons. The van der Waals surface area contributed by atoms with Crippen molar-refractivity contribution in [2.45, 2.75) is 25.7 Å². The van der Waals surface area contributed by atoms with E-state index in [2.05, 4.69) is 5.43 Å². The molecular formula is C12H15F3N3+. The average Bonchev–Trinajstić information content (AvgIpc) is 2.71. The number of halogens is 3. The van der Waals surface area contributed by atoms with Crippen molar-refractivity contribution in [3.63, 3.8) is 0 Å². The van der Waals surface area contributed by atoms with Crippen molar-refractivity contribution < 1.29 is 17.7 Å². The highest BCUT2D eigenvalue weighted by atomic mass is 19.4. The number of hydrazine groups is 1. The summed E-state index contributed by atoms with van der Waals surface area (Å²) in [6, 6.07) is 3.86. The Bertz CT molecular complexity index is 468. The largest absolute Gasteiger partial charge is 0.409 e. The molecule has 0 bridgehead atoms. The summed E-state index contributed by atoms with van der Waals surface area (Å²) in [4.78, 5) is 0. The third-order valence-corrected chi connectivity index (χ3v) is 2.92. The molecule has 0 fully saturated rings. The number of rotatable bonds is 2. The van der Waals surface area contributed by atoms with E-state index in [4.69, 9.17) is 0 Å². The second-order valence-corrected chi connectivity index (χ2v) is 4.13. The highest BCUT2D eigenvalue weighted by molar-refractivity contribution is 5.61. The molecule has 2 heterocycles. The van der Waals surface area contributed by atoms with Crippen LogP contribution in [0.2, 0.25) is 0 Å². The summed E-state index contributed by atoms with van der Waals surface area (Å²) < 4.78 is 39.9. The topological polar surface area (TPSA) is 19.1 Å². The van der Waals surface area contributed by atoms with Crippen LogP contribution < -0.4 is 9.99 Å². The number of hydrogen-bond acceptors (Lipinski definition) is 2. The minimum atomic E-state index is -4.28. The SMILES string of the molecule is CC[n+]1ccccc1C1=CC(C(F)(F)F)NN1C. The number of hydrogen-bond donors (Lipinski definition) is 1. The van der Waals surface area contributed by atoms with Gasteiger partial charge >= 0.3 is 6.18 Å². The first-order valence-electron chi connectivity index (χ1n) is 5.70. The molecule has 0 radical (unpaired) electrons. The lowest BCUT2D eigenvalue weighted by Crippen LogP contribution is -2.44. The van der Waals surface area contributed by atoms with Crippen LogP contribution in [0, 0.1) is 0 Å². The lowest BCUT2D eigenvalue weighted by atomic mass is 10.2. The number of nitrogens with one attached hydrogen (secondary N) is 1. The standard InChI is InChI=1S/C12H15F3N3/c1-3-18-7-5-4-6-9(18)10-8-11(12(13,14)15)16-17(10)2/h4-8,11,16H,3H2,1-2H3/q+1. The number of aromatic nitrogens is 1. The van der Waals surface area contributed by atoms with Crippen LogP contribution in [-0.4, -0.2) is 24.3 Å². The summed E-state index contributed by atoms with van der Waals surface area (Å²) >= 11 is 0. The van der Waals surface area contributed by atoms with Crippen LogP contribution in [0.25, 0.3) is 5.70 Å². The minimum absolute atomic E-state index is 0.541. The summed E-state index contributed by atoms with van der Waals surface area (Å²) in [5.41, 5.74) is 3.70. The Labute approximate surface area is 103 Å². The Balaban J connectivity index is 2.38. The lowest BCUT2D eigenvalue weighted by molar-refractivity contribution is -0.696. The van der Waals surface area contributed by atoms with Gasteiger partial charge in [-0.2, -0.15) is 17.7 Å². The van der Waals surface area contributed by atoms with E-state index >= 15 is 0 Å². The van der Waals surface area contributed by atoms with Crippen molar-refractivity contribution in [2.24, 2.45) is 0 Å². The maximum atomic E-state index is 12.7. The van der Waals surface area contributed by atoms with E-state index in [1.54, 1.807) is 7.05 Å². The first kappa shape index (κ1) is 12.9. The fourth-order valence-electron chi connectivity index (χ4n) is 1.99. The molecule has 1 unspecified atom stereocenters. The van der Waals surface area contributed by atoms with Gasteiger partial charge in [-0.25, -0.2) is 5.43 Å². The van der Waals surface area contributed by atoms with E-state index in [1.807, 2.05) is 35.9 Å². The van der Waals surface area contributed by atoms with Gasteiger partial charge in [0.25, 0.3) is 0 Å². The van der Waals surface area contributed by atoms with Crippen molar-refractivity contribution in [1.29, 1.82) is 0 Å². The van der Waals surface area contributed by atoms with Gasteiger partial charge in [-0.15, -0.1) is 0 Å². The Morgan fingerprint density at radius 3 is 2.67 bits per heavy atom. The van der Waals surface area contributed by atoms with Crippen LogP contribution in [-0.2, 0) is 6.54 Å². The normalized spacial score (nSPS) is 20.2. The summed E-state index contributed by atoms with van der Waals surface area (Å²) in [5.74, 6) is 0. The zero-order chi connectivity index (χ0) is 13.3. The first-order valence-corrected chi connectivity index (χ1v) is 5.70. The van der Waals surface area contributed by atoms with Gasteiger partial charge in [-0.05, 0) is 19.1 Å². The number of pyridine rings is 1. The molecule has 0 saturated carbocycles. The molecule has 0 aromatic carbocycles. The molecule has 1 aliphatic rings. The van der Waals surface area contributed by atoms with Gasteiger partial charge in [0.1, 0.15) is 18.3 Å². The zero-order valence-corrected chi connectivity index (χ0v) is 10.2. The fraction of sp³-hybridized carbons (Fsp3) is 0.417. The Morgan fingerprint density at radius 1 is 1.39 bits per heavy atom. The van der Waals surface area contributed by atoms with Crippen LogP contribution in [0.1, 0.15) is 12.6 Å². The van der Waals surface area contributed by atoms with Crippen LogP contribution in [0.4, 0.5) is 13.2 Å². The highest BCUT2D eigenvalue weighted by Gasteiger charge is 2.43. The molecule has 18 heavy (non-hydrogen) atoms. The fourth-order valence-corrected chi connectivity index (χ4v) is 1.99. The van der Waals surface area contributed by atoms with Gasteiger partial charge < -0.3 is 5.01 Å². The van der Waals surface area contributed by atoms with Gasteiger partial charge in [0.05, 0.1) is 0 Å². The molecule has 2 rings (SSSR count). The molecular weight excluding hydrogens is 243 g/mol. The molecule has 1 aliphatic heterocycles. The third kappa shape index (κ3) is 2.33. The van der Waals surface area contributed by atoms with E-state index < -0.39 is 12.2 Å². The molecule has 0 saturated heterocycles. The Hall–Kier alpha value is -1.56. The monoisotopic (exact) mass is 258 g/mol. The van der Waals surface area contributed by atoms with Crippen molar-refractivity contribution in [3.8, 4) is 0 Å². The van der Waals surface area contributed by atoms with Crippen molar-refractivity contribution in [3.05, 3.63) is 36.2 Å². The number of nitrogens with zero attached hydrogens (tertiary/aromatic N) is 2. The average molecular weight is 258 g/mol. The Kier molecular flexibility index (Phi) is 3.30. The highest BCUT2D eigenvalue weighted by Crippen LogP contribution is 2.29. The summed E-state index contributed by atoms with van der Waals surface area (Å²) in [6.07, 6.45) is -1.21. The minimum Gasteiger partial charge on any atom is -0.305 e. The zero-order valence-electron chi connectivity index (χ0n) is 10.2. The summed E-state index contributed by atoms with van der Waals surface area (Å²) in [7, 11) is 1.59. The van der Waals surface area contributed by atoms with E-state index in [-0.39, 0.29) is 0 Å². The van der Waals surface area contributed by atoms with Crippen LogP contribution in [0.15, 0.2) is 30.5 Å². The van der Waals surface area contributed by atoms with E-state index in [1.165, 1.54) is 11.1 Å². The molecule has 1 N–H and O–H groups in total. The van der Waals surface area contributed by atoms with Crippen molar-refractivity contribution in [1.82, 2.24) is 10.4 Å². The van der Waals surface area contributed by atoms with Crippen LogP contribution in [0.5, 0.6) is 0 Å². The molecule has 1 aromatic rings. The molecule has 0 amide bonds.